The summed E-state index contributed by atoms with van der Waals surface area (Å²) in [5.41, 5.74) is 0.916. The Kier molecular flexibility index (Phi) is 4.75. The largest absolute Gasteiger partial charge is 0.352 e. The normalized spacial score (nSPS) is 10.1. The van der Waals surface area contributed by atoms with Gasteiger partial charge >= 0.3 is 0 Å². The van der Waals surface area contributed by atoms with Crippen molar-refractivity contribution in [3.8, 4) is 0 Å². The molecule has 1 rings (SSSR count). The molecule has 82 valence electrons. The lowest BCUT2D eigenvalue weighted by molar-refractivity contribution is 0.0953. The Hall–Kier alpha value is -0.900. The smallest absolute Gasteiger partial charge is 0.251 e. The summed E-state index contributed by atoms with van der Waals surface area (Å²) >= 11 is 3.27. The van der Waals surface area contributed by atoms with Gasteiger partial charge in [-0.3, -0.25) is 4.79 Å². The highest BCUT2D eigenvalue weighted by Gasteiger charge is 2.06. The van der Waals surface area contributed by atoms with Gasteiger partial charge < -0.3 is 5.32 Å². The lowest BCUT2D eigenvalue weighted by Crippen LogP contribution is -2.24. The van der Waals surface area contributed by atoms with Gasteiger partial charge in [0.05, 0.1) is 0 Å². The van der Waals surface area contributed by atoms with Crippen LogP contribution in [0.5, 0.6) is 0 Å². The summed E-state index contributed by atoms with van der Waals surface area (Å²) in [5.74, 6) is -0.571. The van der Waals surface area contributed by atoms with Crippen LogP contribution in [0.25, 0.3) is 0 Å². The van der Waals surface area contributed by atoms with Crippen LogP contribution in [0.2, 0.25) is 0 Å². The van der Waals surface area contributed by atoms with E-state index in [1.54, 1.807) is 19.1 Å². The fraction of sp³-hybridized carbons (Fsp3) is 0.364. The molecule has 0 unspecified atom stereocenters. The molecule has 0 radical (unpaired) electrons. The Morgan fingerprint density at radius 3 is 2.87 bits per heavy atom. The number of aryl methyl sites for hydroxylation is 1. The second-order valence-electron chi connectivity index (χ2n) is 3.26. The van der Waals surface area contributed by atoms with Crippen LogP contribution in [0.4, 0.5) is 4.39 Å². The number of benzene rings is 1. The number of nitrogens with one attached hydrogen (secondary N) is 1. The molecular weight excluding hydrogens is 261 g/mol. The predicted molar refractivity (Wildman–Crippen MR) is 61.9 cm³/mol. The lowest BCUT2D eigenvalue weighted by Gasteiger charge is -2.04. The topological polar surface area (TPSA) is 29.1 Å². The van der Waals surface area contributed by atoms with Gasteiger partial charge in [0.1, 0.15) is 5.82 Å². The standard InChI is InChI=1S/C11H13BrFNO/c1-8-3-4-9(7-10(8)13)11(15)14-6-2-5-12/h3-4,7H,2,5-6H2,1H3,(H,14,15). The van der Waals surface area contributed by atoms with Crippen LogP contribution in [-0.2, 0) is 0 Å². The van der Waals surface area contributed by atoms with E-state index in [-0.39, 0.29) is 11.7 Å². The predicted octanol–water partition coefficient (Wildman–Crippen LogP) is 2.65. The highest BCUT2D eigenvalue weighted by atomic mass is 79.9. The second-order valence-corrected chi connectivity index (χ2v) is 4.06. The minimum absolute atomic E-state index is 0.227. The number of carbonyl (C=O) groups is 1. The maximum atomic E-state index is 13.1. The van der Waals surface area contributed by atoms with E-state index >= 15 is 0 Å². The van der Waals surface area contributed by atoms with E-state index in [2.05, 4.69) is 21.2 Å². The van der Waals surface area contributed by atoms with Gasteiger partial charge in [0.15, 0.2) is 0 Å². The molecule has 4 heteroatoms. The maximum Gasteiger partial charge on any atom is 0.251 e. The van der Waals surface area contributed by atoms with Gasteiger partial charge in [0, 0.05) is 17.4 Å². The minimum atomic E-state index is -0.344. The summed E-state index contributed by atoms with van der Waals surface area (Å²) < 4.78 is 13.1. The number of rotatable bonds is 4. The molecule has 0 aromatic heterocycles. The van der Waals surface area contributed by atoms with Gasteiger partial charge in [0.2, 0.25) is 0 Å². The summed E-state index contributed by atoms with van der Waals surface area (Å²) in [7, 11) is 0. The Morgan fingerprint density at radius 1 is 1.53 bits per heavy atom. The molecule has 0 aliphatic rings. The Labute approximate surface area is 97.0 Å². The monoisotopic (exact) mass is 273 g/mol. The van der Waals surface area contributed by atoms with Crippen LogP contribution in [-0.4, -0.2) is 17.8 Å². The molecule has 0 bridgehead atoms. The quantitative estimate of drug-likeness (QED) is 0.663. The number of alkyl halides is 1. The summed E-state index contributed by atoms with van der Waals surface area (Å²) in [6.07, 6.45) is 0.861. The molecule has 15 heavy (non-hydrogen) atoms. The van der Waals surface area contributed by atoms with Crippen LogP contribution in [0, 0.1) is 12.7 Å². The molecular formula is C11H13BrFNO. The number of amides is 1. The van der Waals surface area contributed by atoms with Crippen molar-refractivity contribution in [3.05, 3.63) is 35.1 Å². The Balaban J connectivity index is 2.62. The molecule has 0 saturated carbocycles. The molecule has 1 aromatic rings. The molecule has 0 aliphatic carbocycles. The van der Waals surface area contributed by atoms with Crippen LogP contribution in [0.1, 0.15) is 22.3 Å². The zero-order valence-electron chi connectivity index (χ0n) is 8.52. The molecule has 0 heterocycles. The third kappa shape index (κ3) is 3.63. The van der Waals surface area contributed by atoms with Crippen LogP contribution in [0.3, 0.4) is 0 Å². The second kappa shape index (κ2) is 5.85. The van der Waals surface area contributed by atoms with Crippen LogP contribution in [0.15, 0.2) is 18.2 Å². The Morgan fingerprint density at radius 2 is 2.27 bits per heavy atom. The molecule has 0 fully saturated rings. The van der Waals surface area contributed by atoms with Crippen molar-refractivity contribution >= 4 is 21.8 Å². The van der Waals surface area contributed by atoms with Crippen molar-refractivity contribution in [2.45, 2.75) is 13.3 Å². The summed E-state index contributed by atoms with van der Waals surface area (Å²) in [5, 5.41) is 3.55. The average Bonchev–Trinajstić information content (AvgIpc) is 2.22. The number of carbonyl (C=O) groups excluding carboxylic acids is 1. The highest BCUT2D eigenvalue weighted by Crippen LogP contribution is 2.08. The first-order valence-corrected chi connectivity index (χ1v) is 5.87. The summed E-state index contributed by atoms with van der Waals surface area (Å²) in [6, 6.07) is 4.50. The van der Waals surface area contributed by atoms with Crippen LogP contribution < -0.4 is 5.32 Å². The fourth-order valence-electron chi connectivity index (χ4n) is 1.10. The molecule has 0 atom stereocenters. The van der Waals surface area contributed by atoms with Crippen molar-refractivity contribution in [1.82, 2.24) is 5.32 Å². The van der Waals surface area contributed by atoms with Gasteiger partial charge in [-0.05, 0) is 31.0 Å². The molecule has 1 amide bonds. The third-order valence-corrected chi connectivity index (χ3v) is 2.59. The number of hydrogen-bond donors (Lipinski definition) is 1. The molecule has 0 spiro atoms. The zero-order valence-corrected chi connectivity index (χ0v) is 10.1. The molecule has 1 N–H and O–H groups in total. The summed E-state index contributed by atoms with van der Waals surface area (Å²) in [6.45, 7) is 2.27. The first-order valence-electron chi connectivity index (χ1n) is 4.75. The van der Waals surface area contributed by atoms with E-state index in [0.717, 1.165) is 11.8 Å². The van der Waals surface area contributed by atoms with Gasteiger partial charge in [0.25, 0.3) is 5.91 Å². The van der Waals surface area contributed by atoms with Gasteiger partial charge in [-0.15, -0.1) is 0 Å². The van der Waals surface area contributed by atoms with Gasteiger partial charge in [-0.1, -0.05) is 22.0 Å². The van der Waals surface area contributed by atoms with E-state index in [1.807, 2.05) is 0 Å². The first kappa shape index (κ1) is 12.2. The molecule has 0 aliphatic heterocycles. The highest BCUT2D eigenvalue weighted by molar-refractivity contribution is 9.09. The van der Waals surface area contributed by atoms with E-state index < -0.39 is 0 Å². The fourth-order valence-corrected chi connectivity index (χ4v) is 1.39. The van der Waals surface area contributed by atoms with Crippen LogP contribution >= 0.6 is 15.9 Å². The number of halogens is 2. The van der Waals surface area contributed by atoms with E-state index in [1.165, 1.54) is 6.07 Å². The summed E-state index contributed by atoms with van der Waals surface area (Å²) in [4.78, 5) is 11.5. The van der Waals surface area contributed by atoms with Crippen molar-refractivity contribution < 1.29 is 9.18 Å². The number of hydrogen-bond acceptors (Lipinski definition) is 1. The lowest BCUT2D eigenvalue weighted by atomic mass is 10.1. The minimum Gasteiger partial charge on any atom is -0.352 e. The first-order chi connectivity index (χ1) is 7.15. The van der Waals surface area contributed by atoms with E-state index in [0.29, 0.717) is 17.7 Å². The van der Waals surface area contributed by atoms with Gasteiger partial charge in [-0.2, -0.15) is 0 Å². The Bertz CT molecular complexity index is 354. The van der Waals surface area contributed by atoms with E-state index in [4.69, 9.17) is 0 Å². The van der Waals surface area contributed by atoms with E-state index in [9.17, 15) is 9.18 Å². The van der Waals surface area contributed by atoms with Crippen molar-refractivity contribution in [2.75, 3.05) is 11.9 Å². The maximum absolute atomic E-state index is 13.1. The molecule has 2 nitrogen and oxygen atoms in total. The van der Waals surface area contributed by atoms with Crippen molar-refractivity contribution in [3.63, 3.8) is 0 Å². The molecule has 0 saturated heterocycles. The average molecular weight is 274 g/mol. The zero-order chi connectivity index (χ0) is 11.3. The third-order valence-electron chi connectivity index (χ3n) is 2.03. The van der Waals surface area contributed by atoms with Crippen molar-refractivity contribution in [2.24, 2.45) is 0 Å². The SMILES string of the molecule is Cc1ccc(C(=O)NCCCBr)cc1F. The van der Waals surface area contributed by atoms with Crippen molar-refractivity contribution in [1.29, 1.82) is 0 Å². The molecule has 1 aromatic carbocycles. The van der Waals surface area contributed by atoms with Gasteiger partial charge in [-0.25, -0.2) is 4.39 Å².